The SMILES string of the molecule is CO[C@]1(CCN2CCN(C3COC3)CC2)/C=C/C[C@H](C)[C@@H](C)S(=O)(=O)NC(=O)c2ccc3c(c2)N(CCCCc2cc(Cl)ccc2CO3)C[C@@H]2CC[C@H]21. The Morgan fingerprint density at radius 2 is 1.81 bits per heavy atom. The summed E-state index contributed by atoms with van der Waals surface area (Å²) < 4.78 is 48.2. The van der Waals surface area contributed by atoms with Crippen LogP contribution in [0.4, 0.5) is 5.69 Å². The molecule has 2 aromatic rings. The summed E-state index contributed by atoms with van der Waals surface area (Å²) in [6.45, 7) is 12.4. The molecule has 4 aliphatic heterocycles. The number of halogens is 1. The maximum absolute atomic E-state index is 13.6. The van der Waals surface area contributed by atoms with Gasteiger partial charge in [0.25, 0.3) is 5.91 Å². The number of anilines is 1. The fourth-order valence-electron chi connectivity index (χ4n) is 8.89. The Kier molecular flexibility index (Phi) is 12.1. The number of fused-ring (bicyclic) bond motifs is 3. The van der Waals surface area contributed by atoms with Gasteiger partial charge in [-0.15, -0.1) is 0 Å². The van der Waals surface area contributed by atoms with Gasteiger partial charge in [0, 0.05) is 63.5 Å². The van der Waals surface area contributed by atoms with E-state index in [9.17, 15) is 13.2 Å². The van der Waals surface area contributed by atoms with Crippen molar-refractivity contribution in [3.63, 3.8) is 0 Å². The van der Waals surface area contributed by atoms with E-state index in [0.717, 1.165) is 114 Å². The zero-order valence-corrected chi connectivity index (χ0v) is 33.2. The number of aryl methyl sites for hydroxylation is 1. The van der Waals surface area contributed by atoms with Crippen molar-refractivity contribution >= 4 is 33.2 Å². The van der Waals surface area contributed by atoms with E-state index < -0.39 is 26.8 Å². The number of carbonyl (C=O) groups is 1. The quantitative estimate of drug-likeness (QED) is 0.372. The predicted molar refractivity (Wildman–Crippen MR) is 209 cm³/mol. The lowest BCUT2D eigenvalue weighted by molar-refractivity contribution is -0.0916. The van der Waals surface area contributed by atoms with Crippen LogP contribution in [-0.4, -0.2) is 107 Å². The van der Waals surface area contributed by atoms with Crippen LogP contribution in [0.25, 0.3) is 0 Å². The van der Waals surface area contributed by atoms with Crippen molar-refractivity contribution in [2.45, 2.75) is 82.3 Å². The molecule has 1 aliphatic carbocycles. The lowest BCUT2D eigenvalue weighted by atomic mass is 9.63. The molecule has 5 aliphatic rings. The number of methoxy groups -OCH3 is 1. The predicted octanol–water partition coefficient (Wildman–Crippen LogP) is 5.92. The smallest absolute Gasteiger partial charge is 0.264 e. The molecule has 0 unspecified atom stereocenters. The Hall–Kier alpha value is -2.67. The van der Waals surface area contributed by atoms with Gasteiger partial charge in [0.1, 0.15) is 12.4 Å². The molecule has 0 spiro atoms. The Labute approximate surface area is 321 Å². The highest BCUT2D eigenvalue weighted by molar-refractivity contribution is 7.90. The van der Waals surface area contributed by atoms with Gasteiger partial charge < -0.3 is 24.0 Å². The molecule has 10 nitrogen and oxygen atoms in total. The van der Waals surface area contributed by atoms with Gasteiger partial charge in [-0.3, -0.25) is 9.69 Å². The largest absolute Gasteiger partial charge is 0.487 e. The lowest BCUT2D eigenvalue weighted by Gasteiger charge is -2.51. The third-order valence-corrected chi connectivity index (χ3v) is 15.1. The molecule has 4 heterocycles. The molecule has 2 bridgehead atoms. The van der Waals surface area contributed by atoms with E-state index in [1.165, 1.54) is 5.56 Å². The molecular formula is C41H57ClN4O6S. The van der Waals surface area contributed by atoms with Gasteiger partial charge in [0.05, 0.1) is 35.8 Å². The number of nitrogens with zero attached hydrogens (tertiary/aromatic N) is 3. The first-order chi connectivity index (χ1) is 25.5. The summed E-state index contributed by atoms with van der Waals surface area (Å²) in [7, 11) is -2.10. The number of hydrogen-bond donors (Lipinski definition) is 1. The molecule has 1 N–H and O–H groups in total. The minimum atomic E-state index is -3.95. The molecule has 290 valence electrons. The number of sulfonamides is 1. The first-order valence-electron chi connectivity index (χ1n) is 19.7. The summed E-state index contributed by atoms with van der Waals surface area (Å²) in [5.74, 6) is 0.504. The van der Waals surface area contributed by atoms with Gasteiger partial charge in [0.2, 0.25) is 10.0 Å². The minimum Gasteiger partial charge on any atom is -0.487 e. The first-order valence-corrected chi connectivity index (χ1v) is 21.6. The second-order valence-electron chi connectivity index (χ2n) is 16.0. The van der Waals surface area contributed by atoms with E-state index in [1.54, 1.807) is 13.0 Å². The summed E-state index contributed by atoms with van der Waals surface area (Å²) >= 11 is 6.41. The second-order valence-corrected chi connectivity index (χ2v) is 18.5. The zero-order chi connectivity index (χ0) is 37.2. The topological polar surface area (TPSA) is 101 Å². The van der Waals surface area contributed by atoms with Crippen molar-refractivity contribution < 1.29 is 27.4 Å². The van der Waals surface area contributed by atoms with Gasteiger partial charge in [-0.1, -0.05) is 36.7 Å². The van der Waals surface area contributed by atoms with Crippen LogP contribution in [0.1, 0.15) is 73.9 Å². The van der Waals surface area contributed by atoms with Gasteiger partial charge in [-0.25, -0.2) is 13.1 Å². The van der Waals surface area contributed by atoms with Crippen molar-refractivity contribution in [3.8, 4) is 5.75 Å². The van der Waals surface area contributed by atoms with Crippen molar-refractivity contribution in [1.82, 2.24) is 14.5 Å². The van der Waals surface area contributed by atoms with Crippen LogP contribution >= 0.6 is 11.6 Å². The van der Waals surface area contributed by atoms with E-state index in [2.05, 4.69) is 31.6 Å². The summed E-state index contributed by atoms with van der Waals surface area (Å²) in [5, 5.41) is -0.0554. The fourth-order valence-corrected chi connectivity index (χ4v) is 10.4. The van der Waals surface area contributed by atoms with Crippen molar-refractivity contribution in [2.24, 2.45) is 17.8 Å². The Bertz CT molecular complexity index is 1750. The molecular weight excluding hydrogens is 712 g/mol. The van der Waals surface area contributed by atoms with Crippen molar-refractivity contribution in [1.29, 1.82) is 0 Å². The maximum Gasteiger partial charge on any atom is 0.264 e. The standard InChI is InChI=1S/C41H57ClN4O6S/c1-29-7-6-15-41(50-3,16-18-44-19-21-45(22-20-44)36-27-51-28-36)37-13-10-33(37)25-46-17-5-4-8-31-23-35(42)12-9-34(31)26-52-39-14-11-32(24-38(39)46)40(47)43-53(48,49)30(29)2/h6,9,11-12,14-15,23-24,29-30,33,36-37H,4-5,7-8,10,13,16-22,25-28H2,1-3H3,(H,43,47)/b15-6+/t29-,30+,33-,37+,41-/m0/s1. The van der Waals surface area contributed by atoms with E-state index in [-0.39, 0.29) is 5.92 Å². The number of hydrogen-bond acceptors (Lipinski definition) is 9. The van der Waals surface area contributed by atoms with Gasteiger partial charge in [0.15, 0.2) is 0 Å². The number of piperazine rings is 1. The number of allylic oxidation sites excluding steroid dienone is 1. The molecule has 12 heteroatoms. The van der Waals surface area contributed by atoms with Crippen LogP contribution in [0.5, 0.6) is 5.75 Å². The van der Waals surface area contributed by atoms with Gasteiger partial charge in [-0.2, -0.15) is 0 Å². The summed E-state index contributed by atoms with van der Waals surface area (Å²) in [4.78, 5) is 21.1. The number of amides is 1. The lowest BCUT2D eigenvalue weighted by Crippen LogP contribution is -2.57. The summed E-state index contributed by atoms with van der Waals surface area (Å²) in [6.07, 6.45) is 10.8. The third-order valence-electron chi connectivity index (χ3n) is 12.9. The fraction of sp³-hybridized carbons (Fsp3) is 0.634. The van der Waals surface area contributed by atoms with E-state index >= 15 is 0 Å². The monoisotopic (exact) mass is 768 g/mol. The van der Waals surface area contributed by atoms with Gasteiger partial charge >= 0.3 is 0 Å². The Balaban J connectivity index is 1.20. The molecule has 5 atom stereocenters. The number of nitrogens with one attached hydrogen (secondary N) is 1. The highest BCUT2D eigenvalue weighted by Gasteiger charge is 2.47. The zero-order valence-electron chi connectivity index (χ0n) is 31.6. The van der Waals surface area contributed by atoms with E-state index in [1.807, 2.05) is 44.4 Å². The average molecular weight is 769 g/mol. The minimum absolute atomic E-state index is 0.214. The number of ether oxygens (including phenoxy) is 3. The molecule has 2 saturated heterocycles. The highest BCUT2D eigenvalue weighted by atomic mass is 35.5. The van der Waals surface area contributed by atoms with Crippen molar-refractivity contribution in [3.05, 3.63) is 70.3 Å². The third kappa shape index (κ3) is 8.60. The average Bonchev–Trinajstić information content (AvgIpc) is 3.14. The van der Waals surface area contributed by atoms with E-state index in [0.29, 0.717) is 42.2 Å². The Morgan fingerprint density at radius 1 is 1.00 bits per heavy atom. The van der Waals surface area contributed by atoms with Crippen LogP contribution in [-0.2, 0) is 32.5 Å². The number of benzene rings is 2. The molecule has 2 aromatic carbocycles. The molecule has 0 radical (unpaired) electrons. The molecule has 1 amide bonds. The normalized spacial score (nSPS) is 31.0. The van der Waals surface area contributed by atoms with Crippen molar-refractivity contribution in [2.75, 3.05) is 71.0 Å². The maximum atomic E-state index is 13.6. The second kappa shape index (κ2) is 16.6. The molecule has 3 fully saturated rings. The Morgan fingerprint density at radius 3 is 2.53 bits per heavy atom. The van der Waals surface area contributed by atoms with Crippen LogP contribution in [0, 0.1) is 17.8 Å². The number of rotatable bonds is 5. The first kappa shape index (κ1) is 38.6. The van der Waals surface area contributed by atoms with Crippen LogP contribution in [0.3, 0.4) is 0 Å². The summed E-state index contributed by atoms with van der Waals surface area (Å²) in [5.41, 5.74) is 2.92. The summed E-state index contributed by atoms with van der Waals surface area (Å²) in [6, 6.07) is 11.9. The van der Waals surface area contributed by atoms with Crippen LogP contribution in [0.2, 0.25) is 5.02 Å². The number of carbonyl (C=O) groups excluding carboxylic acids is 1. The molecule has 53 heavy (non-hydrogen) atoms. The highest BCUT2D eigenvalue weighted by Crippen LogP contribution is 2.48. The van der Waals surface area contributed by atoms with Crippen LogP contribution in [0.15, 0.2) is 48.6 Å². The van der Waals surface area contributed by atoms with E-state index in [4.69, 9.17) is 25.8 Å². The molecule has 7 rings (SSSR count). The molecule has 1 saturated carbocycles. The van der Waals surface area contributed by atoms with Crippen LogP contribution < -0.4 is 14.4 Å². The van der Waals surface area contributed by atoms with Gasteiger partial charge in [-0.05, 0) is 111 Å². The molecule has 0 aromatic heterocycles.